The van der Waals surface area contributed by atoms with Crippen molar-refractivity contribution in [1.82, 2.24) is 0 Å². The smallest absolute Gasteiger partial charge is 0.169 e. The number of hydrogen-bond acceptors (Lipinski definition) is 5. The van der Waals surface area contributed by atoms with Gasteiger partial charge in [0.05, 0.1) is 23.4 Å². The Balaban J connectivity index is 1.84. The van der Waals surface area contributed by atoms with Crippen LogP contribution in [0.5, 0.6) is 5.75 Å². The zero-order chi connectivity index (χ0) is 18.7. The lowest BCUT2D eigenvalue weighted by atomic mass is 10.1. The molecule has 0 spiro atoms. The number of nitrogens with two attached hydrogens (primary N) is 1. The fourth-order valence-corrected chi connectivity index (χ4v) is 3.42. The van der Waals surface area contributed by atoms with Gasteiger partial charge in [0.15, 0.2) is 5.78 Å². The number of Topliss-reactive ketones (excluding diaryl/α,β-unsaturated/α-hetero) is 1. The highest BCUT2D eigenvalue weighted by Gasteiger charge is 2.09. The average Bonchev–Trinajstić information content (AvgIpc) is 3.14. The second-order valence-electron chi connectivity index (χ2n) is 5.85. The van der Waals surface area contributed by atoms with Crippen LogP contribution in [-0.2, 0) is 0 Å². The first-order valence-corrected chi connectivity index (χ1v) is 8.90. The van der Waals surface area contributed by atoms with E-state index >= 15 is 0 Å². The lowest BCUT2D eigenvalue weighted by Gasteiger charge is -2.13. The Kier molecular flexibility index (Phi) is 5.09. The highest BCUT2D eigenvalue weighted by Crippen LogP contribution is 2.33. The zero-order valence-corrected chi connectivity index (χ0v) is 15.5. The number of rotatable bonds is 6. The lowest BCUT2D eigenvalue weighted by Crippen LogP contribution is -2.01. The monoisotopic (exact) mass is 364 g/mol. The van der Waals surface area contributed by atoms with Gasteiger partial charge in [-0.15, -0.1) is 11.3 Å². The fourth-order valence-electron chi connectivity index (χ4n) is 2.53. The maximum Gasteiger partial charge on any atom is 0.169 e. The van der Waals surface area contributed by atoms with Crippen molar-refractivity contribution < 1.29 is 9.53 Å². The lowest BCUT2D eigenvalue weighted by molar-refractivity contribution is 0.102. The Morgan fingerprint density at radius 1 is 1.12 bits per heavy atom. The molecular weight excluding hydrogens is 344 g/mol. The molecule has 5 heteroatoms. The van der Waals surface area contributed by atoms with Gasteiger partial charge in [0.25, 0.3) is 0 Å². The molecule has 3 aromatic rings. The molecule has 132 valence electrons. The molecule has 3 N–H and O–H groups in total. The van der Waals surface area contributed by atoms with E-state index in [0.29, 0.717) is 5.69 Å². The average molecular weight is 364 g/mol. The molecular formula is C21H20N2O2S. The quantitative estimate of drug-likeness (QED) is 0.461. The SMILES string of the molecule is C=C(Nc1cc(-c2ccc(C(C)=O)s2)ccc1N)c1ccc(OC)cc1. The van der Waals surface area contributed by atoms with Gasteiger partial charge in [0.2, 0.25) is 0 Å². The second-order valence-corrected chi connectivity index (χ2v) is 6.94. The molecule has 1 aromatic heterocycles. The van der Waals surface area contributed by atoms with E-state index in [1.54, 1.807) is 14.0 Å². The third kappa shape index (κ3) is 3.78. The van der Waals surface area contributed by atoms with Crippen molar-refractivity contribution >= 4 is 34.2 Å². The number of nitrogens with one attached hydrogen (secondary N) is 1. The van der Waals surface area contributed by atoms with E-state index in [9.17, 15) is 4.79 Å². The van der Waals surface area contributed by atoms with Crippen LogP contribution in [-0.4, -0.2) is 12.9 Å². The maximum atomic E-state index is 11.5. The molecule has 1 heterocycles. The molecule has 3 rings (SSSR count). The molecule has 0 atom stereocenters. The third-order valence-electron chi connectivity index (χ3n) is 4.01. The van der Waals surface area contributed by atoms with Gasteiger partial charge in [0.1, 0.15) is 5.75 Å². The van der Waals surface area contributed by atoms with Crippen LogP contribution >= 0.6 is 11.3 Å². The molecule has 0 saturated heterocycles. The van der Waals surface area contributed by atoms with E-state index in [2.05, 4.69) is 11.9 Å². The van der Waals surface area contributed by atoms with Crippen molar-refractivity contribution in [2.45, 2.75) is 6.92 Å². The standard InChI is InChI=1S/C21H20N2O2S/c1-13(15-4-7-17(25-3)8-5-15)23-19-12-16(6-9-18(19)22)21-11-10-20(26-21)14(2)24/h4-12,23H,1,22H2,2-3H3. The summed E-state index contributed by atoms with van der Waals surface area (Å²) in [5.74, 6) is 0.866. The van der Waals surface area contributed by atoms with Crippen molar-refractivity contribution in [3.8, 4) is 16.2 Å². The Bertz CT molecular complexity index is 958. The summed E-state index contributed by atoms with van der Waals surface area (Å²) in [6.07, 6.45) is 0. The Morgan fingerprint density at radius 2 is 1.85 bits per heavy atom. The summed E-state index contributed by atoms with van der Waals surface area (Å²) in [7, 11) is 1.64. The van der Waals surface area contributed by atoms with Crippen LogP contribution in [0.2, 0.25) is 0 Å². The number of ether oxygens (including phenoxy) is 1. The van der Waals surface area contributed by atoms with Crippen LogP contribution in [0.1, 0.15) is 22.2 Å². The van der Waals surface area contributed by atoms with Crippen molar-refractivity contribution in [1.29, 1.82) is 0 Å². The molecule has 0 radical (unpaired) electrons. The first-order chi connectivity index (χ1) is 12.5. The molecule has 0 saturated carbocycles. The molecule has 0 fully saturated rings. The predicted molar refractivity (Wildman–Crippen MR) is 110 cm³/mol. The first-order valence-electron chi connectivity index (χ1n) is 8.09. The minimum Gasteiger partial charge on any atom is -0.497 e. The van der Waals surface area contributed by atoms with Crippen molar-refractivity contribution in [2.75, 3.05) is 18.2 Å². The number of hydrogen-bond donors (Lipinski definition) is 2. The van der Waals surface area contributed by atoms with Crippen LogP contribution in [0.4, 0.5) is 11.4 Å². The highest BCUT2D eigenvalue weighted by molar-refractivity contribution is 7.17. The van der Waals surface area contributed by atoms with Gasteiger partial charge in [-0.25, -0.2) is 0 Å². The van der Waals surface area contributed by atoms with Crippen molar-refractivity contribution in [3.63, 3.8) is 0 Å². The van der Waals surface area contributed by atoms with Gasteiger partial charge in [-0.1, -0.05) is 12.6 Å². The van der Waals surface area contributed by atoms with Crippen LogP contribution in [0.3, 0.4) is 0 Å². The van der Waals surface area contributed by atoms with Crippen LogP contribution in [0.25, 0.3) is 16.1 Å². The van der Waals surface area contributed by atoms with E-state index in [0.717, 1.165) is 38.0 Å². The predicted octanol–water partition coefficient (Wildman–Crippen LogP) is 5.29. The number of anilines is 2. The zero-order valence-electron chi connectivity index (χ0n) is 14.7. The van der Waals surface area contributed by atoms with E-state index < -0.39 is 0 Å². The summed E-state index contributed by atoms with van der Waals surface area (Å²) in [5, 5.41) is 3.28. The van der Waals surface area contributed by atoms with Crippen LogP contribution in [0.15, 0.2) is 61.2 Å². The number of carbonyl (C=O) groups is 1. The minimum absolute atomic E-state index is 0.0722. The van der Waals surface area contributed by atoms with Gasteiger partial charge in [0, 0.05) is 10.6 Å². The number of methoxy groups -OCH3 is 1. The third-order valence-corrected chi connectivity index (χ3v) is 5.25. The van der Waals surface area contributed by atoms with Gasteiger partial charge in [-0.3, -0.25) is 4.79 Å². The summed E-state index contributed by atoms with van der Waals surface area (Å²) in [6, 6.07) is 17.2. The molecule has 0 bridgehead atoms. The van der Waals surface area contributed by atoms with E-state index in [-0.39, 0.29) is 5.78 Å². The van der Waals surface area contributed by atoms with E-state index in [4.69, 9.17) is 10.5 Å². The molecule has 26 heavy (non-hydrogen) atoms. The van der Waals surface area contributed by atoms with Gasteiger partial charge >= 0.3 is 0 Å². The largest absolute Gasteiger partial charge is 0.497 e. The van der Waals surface area contributed by atoms with Crippen molar-refractivity contribution in [2.24, 2.45) is 0 Å². The van der Waals surface area contributed by atoms with Crippen LogP contribution < -0.4 is 15.8 Å². The summed E-state index contributed by atoms with van der Waals surface area (Å²) >= 11 is 1.47. The summed E-state index contributed by atoms with van der Waals surface area (Å²) in [4.78, 5) is 13.3. The normalized spacial score (nSPS) is 10.4. The summed E-state index contributed by atoms with van der Waals surface area (Å²) < 4.78 is 5.18. The fraction of sp³-hybridized carbons (Fsp3) is 0.0952. The molecule has 0 aliphatic carbocycles. The van der Waals surface area contributed by atoms with E-state index in [1.165, 1.54) is 11.3 Å². The molecule has 0 amide bonds. The van der Waals surface area contributed by atoms with Gasteiger partial charge < -0.3 is 15.8 Å². The topological polar surface area (TPSA) is 64.4 Å². The summed E-state index contributed by atoms with van der Waals surface area (Å²) in [6.45, 7) is 5.67. The molecule has 0 unspecified atom stereocenters. The molecule has 0 aliphatic rings. The van der Waals surface area contributed by atoms with Crippen LogP contribution in [0, 0.1) is 0 Å². The van der Waals surface area contributed by atoms with Gasteiger partial charge in [-0.2, -0.15) is 0 Å². The number of thiophene rings is 1. The first kappa shape index (κ1) is 17.8. The maximum absolute atomic E-state index is 11.5. The van der Waals surface area contributed by atoms with E-state index in [1.807, 2.05) is 54.6 Å². The van der Waals surface area contributed by atoms with Crippen molar-refractivity contribution in [3.05, 3.63) is 71.6 Å². The summed E-state index contributed by atoms with van der Waals surface area (Å²) in [5.41, 5.74) is 10.2. The highest BCUT2D eigenvalue weighted by atomic mass is 32.1. The molecule has 0 aliphatic heterocycles. The second kappa shape index (κ2) is 7.45. The Hall–Kier alpha value is -3.05. The number of ketones is 1. The number of benzene rings is 2. The molecule has 2 aromatic carbocycles. The Morgan fingerprint density at radius 3 is 2.46 bits per heavy atom. The molecule has 4 nitrogen and oxygen atoms in total. The minimum atomic E-state index is 0.0722. The Labute approximate surface area is 156 Å². The number of nitrogen functional groups attached to an aromatic ring is 1. The van der Waals surface area contributed by atoms with Gasteiger partial charge in [-0.05, 0) is 66.6 Å². The number of carbonyl (C=O) groups excluding carboxylic acids is 1.